The zero-order chi connectivity index (χ0) is 28.0. The minimum absolute atomic E-state index is 0.0631. The molecule has 0 spiro atoms. The molecule has 3 aromatic carbocycles. The second-order valence-electron chi connectivity index (χ2n) is 7.90. The van der Waals surface area contributed by atoms with Crippen LogP contribution >= 0.6 is 0 Å². The Bertz CT molecular complexity index is 1340. The van der Waals surface area contributed by atoms with E-state index in [1.165, 1.54) is 38.1 Å². The molecule has 194 valence electrons. The summed E-state index contributed by atoms with van der Waals surface area (Å²) in [6.45, 7) is 4.67. The van der Waals surface area contributed by atoms with E-state index >= 15 is 0 Å². The Kier molecular flexibility index (Phi) is 8.49. The Balaban J connectivity index is 2.24. The number of carbonyl (C=O) groups excluding carboxylic acids is 6. The fourth-order valence-electron chi connectivity index (χ4n) is 3.71. The maximum Gasteiger partial charge on any atom is 0.308 e. The highest BCUT2D eigenvalue weighted by Crippen LogP contribution is 2.44. The molecule has 38 heavy (non-hydrogen) atoms. The molecule has 10 heteroatoms. The Morgan fingerprint density at radius 3 is 1.08 bits per heavy atom. The summed E-state index contributed by atoms with van der Waals surface area (Å²) in [7, 11) is 0. The molecular weight excluding hydrogens is 496 g/mol. The average molecular weight is 518 g/mol. The highest BCUT2D eigenvalue weighted by atomic mass is 16.6. The number of ether oxygens (including phenoxy) is 4. The SMILES string of the molecule is CC(=O)Oc1ccc(C=O)c(-c2ccc(-c3c(C=O)ccc(OC(C)=O)c3OC(C)=O)cc2)c1OC(C)=O. The van der Waals surface area contributed by atoms with Gasteiger partial charge in [0.1, 0.15) is 0 Å². The van der Waals surface area contributed by atoms with Crippen molar-refractivity contribution in [2.45, 2.75) is 27.7 Å². The lowest BCUT2D eigenvalue weighted by Gasteiger charge is -2.17. The van der Waals surface area contributed by atoms with Gasteiger partial charge in [0.2, 0.25) is 0 Å². The summed E-state index contributed by atoms with van der Waals surface area (Å²) in [6, 6.07) is 11.7. The normalized spacial score (nSPS) is 10.2. The molecule has 0 aliphatic heterocycles. The smallest absolute Gasteiger partial charge is 0.308 e. The van der Waals surface area contributed by atoms with Crippen molar-refractivity contribution in [1.82, 2.24) is 0 Å². The topological polar surface area (TPSA) is 139 Å². The van der Waals surface area contributed by atoms with Crippen molar-refractivity contribution >= 4 is 36.4 Å². The quantitative estimate of drug-likeness (QED) is 0.240. The van der Waals surface area contributed by atoms with Crippen LogP contribution in [-0.2, 0) is 19.2 Å². The predicted molar refractivity (Wildman–Crippen MR) is 133 cm³/mol. The zero-order valence-corrected chi connectivity index (χ0v) is 20.9. The Morgan fingerprint density at radius 2 is 0.816 bits per heavy atom. The van der Waals surface area contributed by atoms with Gasteiger partial charge < -0.3 is 18.9 Å². The van der Waals surface area contributed by atoms with Crippen LogP contribution < -0.4 is 18.9 Å². The predicted octanol–water partition coefficient (Wildman–Crippen LogP) is 4.35. The molecule has 0 heterocycles. The summed E-state index contributed by atoms with van der Waals surface area (Å²) in [5.41, 5.74) is 1.47. The minimum atomic E-state index is -0.705. The van der Waals surface area contributed by atoms with Gasteiger partial charge in [0.15, 0.2) is 35.6 Å². The number of hydrogen-bond acceptors (Lipinski definition) is 10. The monoisotopic (exact) mass is 518 g/mol. The maximum atomic E-state index is 11.8. The van der Waals surface area contributed by atoms with E-state index in [4.69, 9.17) is 18.9 Å². The fraction of sp³-hybridized carbons (Fsp3) is 0.143. The van der Waals surface area contributed by atoms with E-state index in [0.717, 1.165) is 13.8 Å². The summed E-state index contributed by atoms with van der Waals surface area (Å²) in [6.07, 6.45) is 1.11. The molecule has 0 aromatic heterocycles. The first-order valence-corrected chi connectivity index (χ1v) is 11.1. The molecule has 3 rings (SSSR count). The van der Waals surface area contributed by atoms with Gasteiger partial charge in [0.25, 0.3) is 0 Å². The summed E-state index contributed by atoms with van der Waals surface area (Å²) < 4.78 is 21.0. The Morgan fingerprint density at radius 1 is 0.500 bits per heavy atom. The molecule has 0 N–H and O–H groups in total. The molecule has 0 saturated carbocycles. The molecule has 0 aliphatic carbocycles. The largest absolute Gasteiger partial charge is 0.423 e. The average Bonchev–Trinajstić information content (AvgIpc) is 2.84. The van der Waals surface area contributed by atoms with Gasteiger partial charge in [-0.15, -0.1) is 0 Å². The van der Waals surface area contributed by atoms with Crippen molar-refractivity contribution in [3.8, 4) is 45.3 Å². The van der Waals surface area contributed by atoms with Crippen molar-refractivity contribution in [3.63, 3.8) is 0 Å². The van der Waals surface area contributed by atoms with E-state index in [0.29, 0.717) is 23.7 Å². The molecule has 10 nitrogen and oxygen atoms in total. The third-order valence-corrected chi connectivity index (χ3v) is 5.02. The fourth-order valence-corrected chi connectivity index (χ4v) is 3.71. The lowest BCUT2D eigenvalue weighted by molar-refractivity contribution is -0.134. The van der Waals surface area contributed by atoms with Crippen molar-refractivity contribution in [1.29, 1.82) is 0 Å². The van der Waals surface area contributed by atoms with Gasteiger partial charge in [0.05, 0.1) is 0 Å². The van der Waals surface area contributed by atoms with Crippen LogP contribution in [0.15, 0.2) is 48.5 Å². The van der Waals surface area contributed by atoms with E-state index in [1.807, 2.05) is 0 Å². The molecular formula is C28H22O10. The summed E-state index contributed by atoms with van der Waals surface area (Å²) in [5, 5.41) is 0. The molecule has 0 fully saturated rings. The minimum Gasteiger partial charge on any atom is -0.423 e. The highest BCUT2D eigenvalue weighted by Gasteiger charge is 2.23. The van der Waals surface area contributed by atoms with Crippen LogP contribution in [0.2, 0.25) is 0 Å². The zero-order valence-electron chi connectivity index (χ0n) is 20.9. The van der Waals surface area contributed by atoms with Gasteiger partial charge in [-0.3, -0.25) is 28.8 Å². The van der Waals surface area contributed by atoms with E-state index in [9.17, 15) is 28.8 Å². The van der Waals surface area contributed by atoms with Crippen LogP contribution in [0.4, 0.5) is 0 Å². The number of carbonyl (C=O) groups is 6. The number of benzene rings is 3. The van der Waals surface area contributed by atoms with Gasteiger partial charge in [-0.25, -0.2) is 0 Å². The molecule has 0 atom stereocenters. The van der Waals surface area contributed by atoms with Gasteiger partial charge in [-0.05, 0) is 35.4 Å². The van der Waals surface area contributed by atoms with Crippen molar-refractivity contribution in [2.24, 2.45) is 0 Å². The summed E-state index contributed by atoms with van der Waals surface area (Å²) >= 11 is 0. The van der Waals surface area contributed by atoms with Crippen molar-refractivity contribution in [3.05, 3.63) is 59.7 Å². The second-order valence-corrected chi connectivity index (χ2v) is 7.90. The van der Waals surface area contributed by atoms with E-state index < -0.39 is 23.9 Å². The van der Waals surface area contributed by atoms with Crippen molar-refractivity contribution in [2.75, 3.05) is 0 Å². The van der Waals surface area contributed by atoms with Gasteiger partial charge in [-0.1, -0.05) is 24.3 Å². The summed E-state index contributed by atoms with van der Waals surface area (Å²) in [4.78, 5) is 70.5. The van der Waals surface area contributed by atoms with Gasteiger partial charge in [-0.2, -0.15) is 0 Å². The molecule has 3 aromatic rings. The van der Waals surface area contributed by atoms with E-state index in [-0.39, 0.29) is 45.3 Å². The lowest BCUT2D eigenvalue weighted by atomic mass is 9.94. The first-order chi connectivity index (χ1) is 18.0. The van der Waals surface area contributed by atoms with Crippen LogP contribution in [0, 0.1) is 0 Å². The number of esters is 4. The first-order valence-electron chi connectivity index (χ1n) is 11.1. The third-order valence-electron chi connectivity index (χ3n) is 5.02. The van der Waals surface area contributed by atoms with E-state index in [2.05, 4.69) is 0 Å². The van der Waals surface area contributed by atoms with Crippen LogP contribution in [0.1, 0.15) is 48.4 Å². The Hall–Kier alpha value is -5.12. The molecule has 0 amide bonds. The molecule has 0 radical (unpaired) electrons. The number of aldehydes is 2. The third kappa shape index (κ3) is 6.16. The second kappa shape index (κ2) is 11.7. The number of rotatable bonds is 8. The van der Waals surface area contributed by atoms with Crippen LogP contribution in [-0.4, -0.2) is 36.4 Å². The molecule has 0 saturated heterocycles. The lowest BCUT2D eigenvalue weighted by Crippen LogP contribution is -2.09. The van der Waals surface area contributed by atoms with Crippen molar-refractivity contribution < 1.29 is 47.7 Å². The van der Waals surface area contributed by atoms with Crippen LogP contribution in [0.3, 0.4) is 0 Å². The molecule has 0 bridgehead atoms. The molecule has 0 aliphatic rings. The van der Waals surface area contributed by atoms with Gasteiger partial charge in [0, 0.05) is 49.9 Å². The molecule has 0 unspecified atom stereocenters. The Labute approximate surface area is 217 Å². The first kappa shape index (κ1) is 27.5. The van der Waals surface area contributed by atoms with Gasteiger partial charge >= 0.3 is 23.9 Å². The summed E-state index contributed by atoms with van der Waals surface area (Å²) in [5.74, 6) is -3.12. The standard InChI is InChI=1S/C28H22O10/c1-15(31)35-23-11-9-21(13-29)25(27(23)37-17(3)33)19-5-7-20(8-6-19)26-22(14-30)10-12-24(36-16(2)32)28(26)38-18(4)34/h5-14H,1-4H3. The van der Waals surface area contributed by atoms with E-state index in [1.54, 1.807) is 24.3 Å². The highest BCUT2D eigenvalue weighted by molar-refractivity contribution is 5.96. The van der Waals surface area contributed by atoms with Crippen LogP contribution in [0.5, 0.6) is 23.0 Å². The number of hydrogen-bond donors (Lipinski definition) is 0. The maximum absolute atomic E-state index is 11.8. The van der Waals surface area contributed by atoms with Crippen LogP contribution in [0.25, 0.3) is 22.3 Å².